The molecule has 1 rings (SSSR count). The second kappa shape index (κ2) is 4.08. The molecule has 1 unspecified atom stereocenters. The minimum atomic E-state index is -0.151. The maximum absolute atomic E-state index is 8.68. The molecule has 0 radical (unpaired) electrons. The predicted molar refractivity (Wildman–Crippen MR) is 48.7 cm³/mol. The van der Waals surface area contributed by atoms with Gasteiger partial charge in [0.05, 0.1) is 12.2 Å². The average molecular weight is 172 g/mol. The third kappa shape index (κ3) is 2.18. The summed E-state index contributed by atoms with van der Waals surface area (Å²) in [7, 11) is 0. The van der Waals surface area contributed by atoms with Gasteiger partial charge in [0.1, 0.15) is 23.8 Å². The number of rotatable bonds is 2. The summed E-state index contributed by atoms with van der Waals surface area (Å²) in [5, 5.41) is 11.6. The summed E-state index contributed by atoms with van der Waals surface area (Å²) in [5.74, 6) is 2.96. The SMILES string of the molecule is C#CC(C)Nc1ncncc1C#N. The summed E-state index contributed by atoms with van der Waals surface area (Å²) in [6.07, 6.45) is 7.98. The van der Waals surface area contributed by atoms with E-state index in [9.17, 15) is 0 Å². The molecule has 1 heterocycles. The molecule has 0 bridgehead atoms. The van der Waals surface area contributed by atoms with Gasteiger partial charge in [-0.15, -0.1) is 6.42 Å². The van der Waals surface area contributed by atoms with Crippen molar-refractivity contribution in [2.24, 2.45) is 0 Å². The molecular weight excluding hydrogens is 164 g/mol. The Kier molecular flexibility index (Phi) is 2.83. The number of hydrogen-bond donors (Lipinski definition) is 1. The summed E-state index contributed by atoms with van der Waals surface area (Å²) < 4.78 is 0. The minimum Gasteiger partial charge on any atom is -0.356 e. The zero-order valence-corrected chi connectivity index (χ0v) is 7.15. The van der Waals surface area contributed by atoms with Crippen molar-refractivity contribution in [1.82, 2.24) is 9.97 Å². The van der Waals surface area contributed by atoms with Crippen molar-refractivity contribution < 1.29 is 0 Å². The van der Waals surface area contributed by atoms with E-state index in [2.05, 4.69) is 21.2 Å². The van der Waals surface area contributed by atoms with Crippen LogP contribution in [0.15, 0.2) is 12.5 Å². The van der Waals surface area contributed by atoms with Gasteiger partial charge in [0, 0.05) is 0 Å². The highest BCUT2D eigenvalue weighted by molar-refractivity contribution is 5.51. The van der Waals surface area contributed by atoms with Crippen LogP contribution >= 0.6 is 0 Å². The van der Waals surface area contributed by atoms with Gasteiger partial charge in [-0.05, 0) is 6.92 Å². The van der Waals surface area contributed by atoms with Gasteiger partial charge >= 0.3 is 0 Å². The second-order valence-electron chi connectivity index (χ2n) is 2.43. The van der Waals surface area contributed by atoms with Gasteiger partial charge in [-0.1, -0.05) is 5.92 Å². The van der Waals surface area contributed by atoms with E-state index in [-0.39, 0.29) is 6.04 Å². The van der Waals surface area contributed by atoms with Crippen molar-refractivity contribution in [2.45, 2.75) is 13.0 Å². The van der Waals surface area contributed by atoms with Gasteiger partial charge in [-0.25, -0.2) is 9.97 Å². The van der Waals surface area contributed by atoms with Gasteiger partial charge in [-0.2, -0.15) is 5.26 Å². The Morgan fingerprint density at radius 3 is 3.08 bits per heavy atom. The smallest absolute Gasteiger partial charge is 0.148 e. The van der Waals surface area contributed by atoms with E-state index >= 15 is 0 Å². The fourth-order valence-corrected chi connectivity index (χ4v) is 0.773. The van der Waals surface area contributed by atoms with Crippen LogP contribution in [-0.4, -0.2) is 16.0 Å². The molecule has 0 aromatic carbocycles. The summed E-state index contributed by atoms with van der Waals surface area (Å²) in [6, 6.07) is 1.82. The van der Waals surface area contributed by atoms with Crippen molar-refractivity contribution in [2.75, 3.05) is 5.32 Å². The first-order chi connectivity index (χ1) is 6.27. The van der Waals surface area contributed by atoms with E-state index < -0.39 is 0 Å². The molecule has 0 amide bonds. The van der Waals surface area contributed by atoms with Crippen molar-refractivity contribution in [3.8, 4) is 18.4 Å². The van der Waals surface area contributed by atoms with Crippen molar-refractivity contribution in [3.63, 3.8) is 0 Å². The monoisotopic (exact) mass is 172 g/mol. The molecule has 0 spiro atoms. The first kappa shape index (κ1) is 9.02. The molecular formula is C9H8N4. The van der Waals surface area contributed by atoms with E-state index in [1.807, 2.05) is 13.0 Å². The lowest BCUT2D eigenvalue weighted by Gasteiger charge is -2.08. The van der Waals surface area contributed by atoms with Gasteiger partial charge in [-0.3, -0.25) is 0 Å². The van der Waals surface area contributed by atoms with Crippen LogP contribution in [0, 0.1) is 23.7 Å². The number of terminal acetylenes is 1. The van der Waals surface area contributed by atoms with E-state index in [4.69, 9.17) is 11.7 Å². The first-order valence-corrected chi connectivity index (χ1v) is 3.70. The zero-order valence-electron chi connectivity index (χ0n) is 7.15. The number of aromatic nitrogens is 2. The van der Waals surface area contributed by atoms with Crippen molar-refractivity contribution in [1.29, 1.82) is 5.26 Å². The molecule has 4 heteroatoms. The third-order valence-corrected chi connectivity index (χ3v) is 1.44. The number of hydrogen-bond acceptors (Lipinski definition) is 4. The van der Waals surface area contributed by atoms with Gasteiger partial charge in [0.25, 0.3) is 0 Å². The van der Waals surface area contributed by atoms with Gasteiger partial charge in [0.15, 0.2) is 0 Å². The Labute approximate surface area is 76.6 Å². The molecule has 0 aliphatic heterocycles. The predicted octanol–water partition coefficient (Wildman–Crippen LogP) is 0.782. The van der Waals surface area contributed by atoms with Crippen LogP contribution in [0.4, 0.5) is 5.82 Å². The molecule has 0 saturated carbocycles. The van der Waals surface area contributed by atoms with E-state index in [1.54, 1.807) is 0 Å². The second-order valence-corrected chi connectivity index (χ2v) is 2.43. The Morgan fingerprint density at radius 2 is 2.46 bits per heavy atom. The maximum Gasteiger partial charge on any atom is 0.148 e. The largest absolute Gasteiger partial charge is 0.356 e. The van der Waals surface area contributed by atoms with Crippen LogP contribution < -0.4 is 5.32 Å². The van der Waals surface area contributed by atoms with E-state index in [1.165, 1.54) is 12.5 Å². The first-order valence-electron chi connectivity index (χ1n) is 3.70. The number of anilines is 1. The Bertz CT molecular complexity index is 372. The van der Waals surface area contributed by atoms with Crippen LogP contribution in [-0.2, 0) is 0 Å². The van der Waals surface area contributed by atoms with E-state index in [0.717, 1.165) is 0 Å². The molecule has 1 aromatic heterocycles. The third-order valence-electron chi connectivity index (χ3n) is 1.44. The number of nitrogens with zero attached hydrogens (tertiary/aromatic N) is 3. The lowest BCUT2D eigenvalue weighted by Crippen LogP contribution is -2.14. The van der Waals surface area contributed by atoms with Gasteiger partial charge < -0.3 is 5.32 Å². The topological polar surface area (TPSA) is 61.6 Å². The lowest BCUT2D eigenvalue weighted by molar-refractivity contribution is 0.999. The Hall–Kier alpha value is -2.07. The normalized spacial score (nSPS) is 11.0. The number of nitrogens with one attached hydrogen (secondary N) is 1. The molecule has 0 aliphatic rings. The Balaban J connectivity index is 2.90. The molecule has 1 aromatic rings. The quantitative estimate of drug-likeness (QED) is 0.670. The molecule has 64 valence electrons. The van der Waals surface area contributed by atoms with Crippen molar-refractivity contribution in [3.05, 3.63) is 18.1 Å². The molecule has 0 aliphatic carbocycles. The standard InChI is InChI=1S/C9H8N4/c1-3-7(2)13-9-8(4-10)5-11-6-12-9/h1,5-7H,2H3,(H,11,12,13). The summed E-state index contributed by atoms with van der Waals surface area (Å²) in [4.78, 5) is 7.62. The average Bonchev–Trinajstić information content (AvgIpc) is 2.18. The summed E-state index contributed by atoms with van der Waals surface area (Å²) >= 11 is 0. The number of nitriles is 1. The fraction of sp³-hybridized carbons (Fsp3) is 0.222. The highest BCUT2D eigenvalue weighted by Gasteiger charge is 2.04. The van der Waals surface area contributed by atoms with Gasteiger partial charge in [0.2, 0.25) is 0 Å². The van der Waals surface area contributed by atoms with Crippen LogP contribution in [0.5, 0.6) is 0 Å². The van der Waals surface area contributed by atoms with Crippen molar-refractivity contribution >= 4 is 5.82 Å². The lowest BCUT2D eigenvalue weighted by atomic mass is 10.3. The van der Waals surface area contributed by atoms with Crippen LogP contribution in [0.2, 0.25) is 0 Å². The van der Waals surface area contributed by atoms with Crippen LogP contribution in [0.25, 0.3) is 0 Å². The van der Waals surface area contributed by atoms with E-state index in [0.29, 0.717) is 11.4 Å². The molecule has 13 heavy (non-hydrogen) atoms. The molecule has 1 N–H and O–H groups in total. The highest BCUT2D eigenvalue weighted by atomic mass is 15.0. The molecule has 4 nitrogen and oxygen atoms in total. The summed E-state index contributed by atoms with van der Waals surface area (Å²) in [5.41, 5.74) is 0.393. The molecule has 0 saturated heterocycles. The fourth-order valence-electron chi connectivity index (χ4n) is 0.773. The van der Waals surface area contributed by atoms with Crippen LogP contribution in [0.1, 0.15) is 12.5 Å². The molecule has 1 atom stereocenters. The zero-order chi connectivity index (χ0) is 9.68. The minimum absolute atomic E-state index is 0.151. The summed E-state index contributed by atoms with van der Waals surface area (Å²) in [6.45, 7) is 1.81. The molecule has 0 fully saturated rings. The Morgan fingerprint density at radius 1 is 1.69 bits per heavy atom. The maximum atomic E-state index is 8.68. The highest BCUT2D eigenvalue weighted by Crippen LogP contribution is 2.08. The van der Waals surface area contributed by atoms with Crippen LogP contribution in [0.3, 0.4) is 0 Å².